The Bertz CT molecular complexity index is 456. The number of halogens is 1. The summed E-state index contributed by atoms with van der Waals surface area (Å²) in [5, 5.41) is 4.44. The number of rotatable bonds is 5. The number of nitrogens with zero attached hydrogens (tertiary/aromatic N) is 1. The monoisotopic (exact) mass is 292 g/mol. The molecular formula is C17H25ClN2. The Morgan fingerprint density at radius 2 is 2.15 bits per heavy atom. The van der Waals surface area contributed by atoms with Crippen LogP contribution in [0.2, 0.25) is 5.02 Å². The molecule has 2 aliphatic rings. The van der Waals surface area contributed by atoms with Crippen LogP contribution in [0.5, 0.6) is 0 Å². The molecule has 2 nitrogen and oxygen atoms in total. The van der Waals surface area contributed by atoms with E-state index in [-0.39, 0.29) is 0 Å². The minimum absolute atomic E-state index is 0.734. The van der Waals surface area contributed by atoms with Gasteiger partial charge in [-0.3, -0.25) is 0 Å². The van der Waals surface area contributed by atoms with Crippen LogP contribution in [0.15, 0.2) is 18.2 Å². The first-order valence-electron chi connectivity index (χ1n) is 8.03. The number of anilines is 1. The van der Waals surface area contributed by atoms with Crippen LogP contribution in [0, 0.1) is 5.92 Å². The Balaban J connectivity index is 1.65. The van der Waals surface area contributed by atoms with Crippen molar-refractivity contribution in [2.45, 2.75) is 51.6 Å². The molecule has 1 N–H and O–H groups in total. The van der Waals surface area contributed by atoms with Crippen LogP contribution in [-0.4, -0.2) is 19.1 Å². The molecule has 2 fully saturated rings. The first kappa shape index (κ1) is 14.2. The van der Waals surface area contributed by atoms with Crippen molar-refractivity contribution in [3.05, 3.63) is 28.8 Å². The van der Waals surface area contributed by atoms with E-state index in [1.54, 1.807) is 0 Å². The van der Waals surface area contributed by atoms with E-state index < -0.39 is 0 Å². The zero-order chi connectivity index (χ0) is 13.9. The highest BCUT2D eigenvalue weighted by atomic mass is 35.5. The van der Waals surface area contributed by atoms with E-state index in [1.165, 1.54) is 56.4 Å². The van der Waals surface area contributed by atoms with E-state index in [9.17, 15) is 0 Å². The second kappa shape index (κ2) is 6.36. The van der Waals surface area contributed by atoms with E-state index in [0.717, 1.165) is 23.5 Å². The fraction of sp³-hybridized carbons (Fsp3) is 0.647. The van der Waals surface area contributed by atoms with Crippen LogP contribution in [-0.2, 0) is 6.54 Å². The second-order valence-corrected chi connectivity index (χ2v) is 6.70. The molecule has 1 atom stereocenters. The molecule has 1 saturated carbocycles. The topological polar surface area (TPSA) is 15.3 Å². The number of benzene rings is 1. The summed E-state index contributed by atoms with van der Waals surface area (Å²) in [7, 11) is 0. The van der Waals surface area contributed by atoms with E-state index in [2.05, 4.69) is 35.3 Å². The van der Waals surface area contributed by atoms with Gasteiger partial charge in [-0.1, -0.05) is 31.0 Å². The Morgan fingerprint density at radius 3 is 2.85 bits per heavy atom. The molecule has 1 aromatic carbocycles. The molecule has 1 saturated heterocycles. The predicted molar refractivity (Wildman–Crippen MR) is 86.5 cm³/mol. The van der Waals surface area contributed by atoms with Crippen molar-refractivity contribution in [2.24, 2.45) is 5.92 Å². The molecule has 1 unspecified atom stereocenters. The van der Waals surface area contributed by atoms with Gasteiger partial charge in [-0.2, -0.15) is 0 Å². The van der Waals surface area contributed by atoms with Gasteiger partial charge in [-0.15, -0.1) is 0 Å². The molecule has 1 heterocycles. The molecule has 0 radical (unpaired) electrons. The molecule has 1 aliphatic carbocycles. The highest BCUT2D eigenvalue weighted by Gasteiger charge is 2.21. The zero-order valence-electron chi connectivity index (χ0n) is 12.4. The van der Waals surface area contributed by atoms with Crippen LogP contribution < -0.4 is 10.2 Å². The summed E-state index contributed by atoms with van der Waals surface area (Å²) >= 11 is 6.46. The lowest BCUT2D eigenvalue weighted by Gasteiger charge is -2.34. The third-order valence-electron chi connectivity index (χ3n) is 4.66. The van der Waals surface area contributed by atoms with Crippen molar-refractivity contribution >= 4 is 17.3 Å². The fourth-order valence-corrected chi connectivity index (χ4v) is 3.29. The van der Waals surface area contributed by atoms with Gasteiger partial charge in [-0.25, -0.2) is 0 Å². The van der Waals surface area contributed by atoms with Crippen molar-refractivity contribution in [1.82, 2.24) is 5.32 Å². The fourth-order valence-electron chi connectivity index (χ4n) is 3.05. The smallest absolute Gasteiger partial charge is 0.0471 e. The summed E-state index contributed by atoms with van der Waals surface area (Å²) in [5.41, 5.74) is 2.52. The van der Waals surface area contributed by atoms with Crippen molar-refractivity contribution in [3.63, 3.8) is 0 Å². The van der Waals surface area contributed by atoms with Gasteiger partial charge in [0.05, 0.1) is 0 Å². The Morgan fingerprint density at radius 1 is 1.30 bits per heavy atom. The molecule has 0 amide bonds. The number of hydrogen-bond donors (Lipinski definition) is 1. The van der Waals surface area contributed by atoms with E-state index >= 15 is 0 Å². The van der Waals surface area contributed by atoms with Gasteiger partial charge < -0.3 is 10.2 Å². The molecule has 0 spiro atoms. The lowest BCUT2D eigenvalue weighted by Crippen LogP contribution is -2.35. The summed E-state index contributed by atoms with van der Waals surface area (Å²) in [6.07, 6.45) is 6.61. The summed E-state index contributed by atoms with van der Waals surface area (Å²) < 4.78 is 0. The van der Waals surface area contributed by atoms with Crippen LogP contribution in [0.1, 0.15) is 44.6 Å². The highest BCUT2D eigenvalue weighted by molar-refractivity contribution is 6.31. The second-order valence-electron chi connectivity index (χ2n) is 6.29. The zero-order valence-corrected chi connectivity index (χ0v) is 13.1. The predicted octanol–water partition coefficient (Wildman–Crippen LogP) is 4.22. The summed E-state index contributed by atoms with van der Waals surface area (Å²) in [4.78, 5) is 2.50. The van der Waals surface area contributed by atoms with Gasteiger partial charge in [0.2, 0.25) is 0 Å². The van der Waals surface area contributed by atoms with Crippen LogP contribution in [0.25, 0.3) is 0 Å². The summed E-state index contributed by atoms with van der Waals surface area (Å²) in [5.74, 6) is 0.846. The van der Waals surface area contributed by atoms with Crippen molar-refractivity contribution in [2.75, 3.05) is 18.0 Å². The number of piperidine rings is 1. The van der Waals surface area contributed by atoms with Gasteiger partial charge in [0.1, 0.15) is 0 Å². The Hall–Kier alpha value is -0.730. The first-order chi connectivity index (χ1) is 9.76. The lowest BCUT2D eigenvalue weighted by molar-refractivity contribution is 0.405. The Kier molecular flexibility index (Phi) is 4.52. The summed E-state index contributed by atoms with van der Waals surface area (Å²) in [6, 6.07) is 7.33. The minimum Gasteiger partial charge on any atom is -0.371 e. The Labute approximate surface area is 127 Å². The van der Waals surface area contributed by atoms with Gasteiger partial charge in [0.15, 0.2) is 0 Å². The number of nitrogens with one attached hydrogen (secondary N) is 1. The molecule has 1 aromatic rings. The van der Waals surface area contributed by atoms with Gasteiger partial charge in [0, 0.05) is 36.4 Å². The quantitative estimate of drug-likeness (QED) is 0.874. The highest BCUT2D eigenvalue weighted by Crippen LogP contribution is 2.29. The number of hydrogen-bond acceptors (Lipinski definition) is 2. The molecule has 1 aliphatic heterocycles. The maximum Gasteiger partial charge on any atom is 0.0471 e. The molecule has 0 bridgehead atoms. The SMILES string of the molecule is CCC1CCCN(c2ccc(CNC3CC3)c(Cl)c2)C1. The maximum atomic E-state index is 6.46. The standard InChI is InChI=1S/C17H25ClN2/c1-2-13-4-3-9-20(12-13)16-8-5-14(17(18)10-16)11-19-15-6-7-15/h5,8,10,13,15,19H,2-4,6-7,9,11-12H2,1H3. The van der Waals surface area contributed by atoms with E-state index in [4.69, 9.17) is 11.6 Å². The van der Waals surface area contributed by atoms with E-state index in [1.807, 2.05) is 0 Å². The molecule has 3 heteroatoms. The third kappa shape index (κ3) is 3.48. The largest absolute Gasteiger partial charge is 0.371 e. The van der Waals surface area contributed by atoms with Gasteiger partial charge in [0.25, 0.3) is 0 Å². The van der Waals surface area contributed by atoms with Crippen LogP contribution in [0.3, 0.4) is 0 Å². The molecule has 20 heavy (non-hydrogen) atoms. The van der Waals surface area contributed by atoms with Gasteiger partial charge >= 0.3 is 0 Å². The average Bonchev–Trinajstić information content (AvgIpc) is 3.30. The van der Waals surface area contributed by atoms with Crippen molar-refractivity contribution in [1.29, 1.82) is 0 Å². The average molecular weight is 293 g/mol. The lowest BCUT2D eigenvalue weighted by atomic mass is 9.95. The normalized spacial score (nSPS) is 23.1. The van der Waals surface area contributed by atoms with Crippen molar-refractivity contribution in [3.8, 4) is 0 Å². The molecule has 110 valence electrons. The van der Waals surface area contributed by atoms with Crippen molar-refractivity contribution < 1.29 is 0 Å². The van der Waals surface area contributed by atoms with Crippen LogP contribution >= 0.6 is 11.6 Å². The third-order valence-corrected chi connectivity index (χ3v) is 5.01. The van der Waals surface area contributed by atoms with Gasteiger partial charge in [-0.05, 0) is 49.3 Å². The molecule has 3 rings (SSSR count). The van der Waals surface area contributed by atoms with Crippen LogP contribution in [0.4, 0.5) is 5.69 Å². The van der Waals surface area contributed by atoms with E-state index in [0.29, 0.717) is 0 Å². The first-order valence-corrected chi connectivity index (χ1v) is 8.41. The molecular weight excluding hydrogens is 268 g/mol. The minimum atomic E-state index is 0.734. The maximum absolute atomic E-state index is 6.46. The molecule has 0 aromatic heterocycles. The summed E-state index contributed by atoms with van der Waals surface area (Å²) in [6.45, 7) is 5.56.